The summed E-state index contributed by atoms with van der Waals surface area (Å²) in [5.74, 6) is 0.974. The lowest BCUT2D eigenvalue weighted by Crippen LogP contribution is -2.33. The van der Waals surface area contributed by atoms with Crippen LogP contribution in [0.5, 0.6) is 0 Å². The molecule has 0 spiro atoms. The number of carbonyl (C=O) groups is 1. The number of hydrogen-bond donors (Lipinski definition) is 2. The lowest BCUT2D eigenvalue weighted by Gasteiger charge is -2.25. The molecule has 1 atom stereocenters. The van der Waals surface area contributed by atoms with Crippen molar-refractivity contribution >= 4 is 5.91 Å². The maximum absolute atomic E-state index is 12.5. The first kappa shape index (κ1) is 18.2. The van der Waals surface area contributed by atoms with Gasteiger partial charge in [0, 0.05) is 30.8 Å². The van der Waals surface area contributed by atoms with Crippen LogP contribution in [0.2, 0.25) is 0 Å². The van der Waals surface area contributed by atoms with Crippen LogP contribution in [0.15, 0.2) is 59.7 Å². The van der Waals surface area contributed by atoms with Crippen LogP contribution in [0.25, 0.3) is 0 Å². The Morgan fingerprint density at radius 3 is 2.75 bits per heavy atom. The van der Waals surface area contributed by atoms with Crippen molar-refractivity contribution in [2.24, 2.45) is 0 Å². The Labute approximate surface area is 162 Å². The fourth-order valence-corrected chi connectivity index (χ4v) is 3.44. The Kier molecular flexibility index (Phi) is 5.32. The number of nitrogens with zero attached hydrogens (tertiary/aromatic N) is 3. The van der Waals surface area contributed by atoms with E-state index < -0.39 is 0 Å². The molecule has 1 amide bonds. The van der Waals surface area contributed by atoms with Gasteiger partial charge in [0.25, 0.3) is 5.56 Å². The predicted octanol–water partition coefficient (Wildman–Crippen LogP) is 2.33. The van der Waals surface area contributed by atoms with Crippen LogP contribution in [0.3, 0.4) is 0 Å². The lowest BCUT2D eigenvalue weighted by molar-refractivity contribution is -0.122. The van der Waals surface area contributed by atoms with Crippen LogP contribution in [-0.4, -0.2) is 25.7 Å². The highest BCUT2D eigenvalue weighted by atomic mass is 16.2. The van der Waals surface area contributed by atoms with Crippen LogP contribution >= 0.6 is 0 Å². The maximum atomic E-state index is 12.5. The molecular weight excluding hydrogens is 354 g/mol. The third-order valence-corrected chi connectivity index (χ3v) is 5.12. The number of aromatic amines is 1. The second-order valence-corrected chi connectivity index (χ2v) is 7.19. The highest BCUT2D eigenvalue weighted by molar-refractivity contribution is 5.76. The minimum atomic E-state index is -0.271. The van der Waals surface area contributed by atoms with E-state index in [2.05, 4.69) is 20.4 Å². The van der Waals surface area contributed by atoms with Crippen molar-refractivity contribution in [1.29, 1.82) is 0 Å². The minimum absolute atomic E-state index is 0.137. The molecule has 1 aliphatic carbocycles. The second kappa shape index (κ2) is 8.21. The molecule has 0 aliphatic heterocycles. The van der Waals surface area contributed by atoms with E-state index in [0.717, 1.165) is 24.2 Å². The monoisotopic (exact) mass is 377 g/mol. The highest BCUT2D eigenvalue weighted by Gasteiger charge is 2.23. The average Bonchev–Trinajstić information content (AvgIpc) is 3.13. The molecule has 1 fully saturated rings. The van der Waals surface area contributed by atoms with E-state index in [1.165, 1.54) is 12.5 Å². The molecule has 144 valence electrons. The van der Waals surface area contributed by atoms with Crippen molar-refractivity contribution in [2.45, 2.75) is 44.2 Å². The summed E-state index contributed by atoms with van der Waals surface area (Å²) >= 11 is 0. The first-order chi connectivity index (χ1) is 13.7. The van der Waals surface area contributed by atoms with Crippen molar-refractivity contribution in [3.63, 3.8) is 0 Å². The SMILES string of the molecule is O=C(Cn1cccn1)N[C@H](Cc1cc(=O)[nH]c(C2CCC2)n1)c1ccccc1. The number of benzene rings is 1. The molecule has 2 heterocycles. The second-order valence-electron chi connectivity index (χ2n) is 7.19. The van der Waals surface area contributed by atoms with Crippen molar-refractivity contribution in [1.82, 2.24) is 25.1 Å². The van der Waals surface area contributed by atoms with Gasteiger partial charge in [-0.3, -0.25) is 14.3 Å². The first-order valence-corrected chi connectivity index (χ1v) is 9.59. The van der Waals surface area contributed by atoms with Gasteiger partial charge >= 0.3 is 0 Å². The number of hydrogen-bond acceptors (Lipinski definition) is 4. The average molecular weight is 377 g/mol. The van der Waals surface area contributed by atoms with E-state index in [0.29, 0.717) is 18.0 Å². The zero-order chi connectivity index (χ0) is 19.3. The van der Waals surface area contributed by atoms with Gasteiger partial charge in [0.05, 0.1) is 11.7 Å². The Bertz CT molecular complexity index is 978. The molecule has 7 heteroatoms. The molecule has 0 unspecified atom stereocenters. The summed E-state index contributed by atoms with van der Waals surface area (Å²) < 4.78 is 1.58. The molecule has 7 nitrogen and oxygen atoms in total. The van der Waals surface area contributed by atoms with Crippen molar-refractivity contribution < 1.29 is 4.79 Å². The largest absolute Gasteiger partial charge is 0.347 e. The van der Waals surface area contributed by atoms with E-state index in [9.17, 15) is 9.59 Å². The summed E-state index contributed by atoms with van der Waals surface area (Å²) in [6.45, 7) is 0.145. The summed E-state index contributed by atoms with van der Waals surface area (Å²) in [5.41, 5.74) is 1.53. The third kappa shape index (κ3) is 4.36. The Hall–Kier alpha value is -3.22. The smallest absolute Gasteiger partial charge is 0.251 e. The van der Waals surface area contributed by atoms with Crippen LogP contribution in [0.1, 0.15) is 48.3 Å². The number of amides is 1. The van der Waals surface area contributed by atoms with Gasteiger partial charge in [-0.15, -0.1) is 0 Å². The van der Waals surface area contributed by atoms with E-state index in [-0.39, 0.29) is 24.1 Å². The van der Waals surface area contributed by atoms with Gasteiger partial charge in [-0.2, -0.15) is 5.10 Å². The molecule has 1 saturated carbocycles. The molecule has 1 aromatic carbocycles. The molecule has 2 N–H and O–H groups in total. The molecule has 4 rings (SSSR count). The zero-order valence-corrected chi connectivity index (χ0v) is 15.5. The Balaban J connectivity index is 1.55. The third-order valence-electron chi connectivity index (χ3n) is 5.12. The highest BCUT2D eigenvalue weighted by Crippen LogP contribution is 2.34. The normalized spacial score (nSPS) is 15.0. The van der Waals surface area contributed by atoms with E-state index >= 15 is 0 Å². The Morgan fingerprint density at radius 2 is 2.07 bits per heavy atom. The molecule has 28 heavy (non-hydrogen) atoms. The molecular formula is C21H23N5O2. The summed E-state index contributed by atoms with van der Waals surface area (Å²) in [6.07, 6.45) is 7.15. The molecule has 0 saturated heterocycles. The number of carbonyl (C=O) groups excluding carboxylic acids is 1. The molecule has 3 aromatic rings. The minimum Gasteiger partial charge on any atom is -0.347 e. The lowest BCUT2D eigenvalue weighted by atomic mass is 9.85. The van der Waals surface area contributed by atoms with Gasteiger partial charge in [-0.25, -0.2) is 4.98 Å². The van der Waals surface area contributed by atoms with E-state index in [4.69, 9.17) is 0 Å². The summed E-state index contributed by atoms with van der Waals surface area (Å²) in [5, 5.41) is 7.14. The number of H-pyrrole nitrogens is 1. The standard InChI is InChI=1S/C21H23N5O2/c27-19-13-17(23-21(25-19)16-8-4-9-16)12-18(15-6-2-1-3-7-15)24-20(28)14-26-11-5-10-22-26/h1-3,5-7,10-11,13,16,18H,4,8-9,12,14H2,(H,24,28)(H,23,25,27)/t18-/m1/s1. The van der Waals surface area contributed by atoms with Crippen molar-refractivity contribution in [3.05, 3.63) is 82.3 Å². The van der Waals surface area contributed by atoms with Gasteiger partial charge in [-0.05, 0) is 24.5 Å². The van der Waals surface area contributed by atoms with Crippen LogP contribution in [0, 0.1) is 0 Å². The van der Waals surface area contributed by atoms with E-state index in [1.54, 1.807) is 23.1 Å². The summed E-state index contributed by atoms with van der Waals surface area (Å²) in [4.78, 5) is 32.2. The van der Waals surface area contributed by atoms with Gasteiger partial charge in [0.2, 0.25) is 5.91 Å². The zero-order valence-electron chi connectivity index (χ0n) is 15.5. The van der Waals surface area contributed by atoms with Crippen molar-refractivity contribution in [2.75, 3.05) is 0 Å². The van der Waals surface area contributed by atoms with Gasteiger partial charge in [0.15, 0.2) is 0 Å². The van der Waals surface area contributed by atoms with Crippen LogP contribution in [-0.2, 0) is 17.8 Å². The van der Waals surface area contributed by atoms with Gasteiger partial charge in [-0.1, -0.05) is 36.8 Å². The van der Waals surface area contributed by atoms with Crippen molar-refractivity contribution in [3.8, 4) is 0 Å². The number of nitrogens with one attached hydrogen (secondary N) is 2. The Morgan fingerprint density at radius 1 is 1.25 bits per heavy atom. The predicted molar refractivity (Wildman–Crippen MR) is 105 cm³/mol. The van der Waals surface area contributed by atoms with E-state index in [1.807, 2.05) is 30.3 Å². The van der Waals surface area contributed by atoms with Crippen LogP contribution in [0.4, 0.5) is 0 Å². The number of aromatic nitrogens is 4. The van der Waals surface area contributed by atoms with Crippen LogP contribution < -0.4 is 10.9 Å². The van der Waals surface area contributed by atoms with Gasteiger partial charge < -0.3 is 10.3 Å². The first-order valence-electron chi connectivity index (χ1n) is 9.59. The molecule has 0 radical (unpaired) electrons. The maximum Gasteiger partial charge on any atom is 0.251 e. The molecule has 0 bridgehead atoms. The topological polar surface area (TPSA) is 92.7 Å². The fraction of sp³-hybridized carbons (Fsp3) is 0.333. The summed E-state index contributed by atoms with van der Waals surface area (Å²) in [6, 6.07) is 12.8. The molecule has 1 aliphatic rings. The summed E-state index contributed by atoms with van der Waals surface area (Å²) in [7, 11) is 0. The number of rotatable bonds is 7. The quantitative estimate of drug-likeness (QED) is 0.661. The fourth-order valence-electron chi connectivity index (χ4n) is 3.44. The van der Waals surface area contributed by atoms with Gasteiger partial charge in [0.1, 0.15) is 12.4 Å². The molecule has 2 aromatic heterocycles.